The van der Waals surface area contributed by atoms with Gasteiger partial charge in [-0.3, -0.25) is 9.59 Å². The van der Waals surface area contributed by atoms with Crippen molar-refractivity contribution in [1.82, 2.24) is 5.32 Å². The van der Waals surface area contributed by atoms with Gasteiger partial charge < -0.3 is 20.3 Å². The lowest BCUT2D eigenvalue weighted by Crippen LogP contribution is -2.46. The van der Waals surface area contributed by atoms with E-state index in [1.807, 2.05) is 0 Å². The number of nitrogens with one attached hydrogen (secondary N) is 1. The van der Waals surface area contributed by atoms with Crippen LogP contribution in [0.4, 0.5) is 0 Å². The van der Waals surface area contributed by atoms with E-state index in [4.69, 9.17) is 4.74 Å². The Hall–Kier alpha value is -1.40. The van der Waals surface area contributed by atoms with Crippen LogP contribution in [0.5, 0.6) is 0 Å². The highest BCUT2D eigenvalue weighted by Gasteiger charge is 2.24. The molecule has 1 amide bonds. The molecule has 3 unspecified atom stereocenters. The molecule has 3 N–H and O–H groups in total. The number of esters is 1. The van der Waals surface area contributed by atoms with Crippen LogP contribution >= 0.6 is 0 Å². The molecule has 0 saturated carbocycles. The van der Waals surface area contributed by atoms with E-state index in [0.29, 0.717) is 19.3 Å². The number of aliphatic hydroxyl groups excluding tert-OH is 2. The van der Waals surface area contributed by atoms with Crippen LogP contribution in [-0.2, 0) is 14.3 Å². The van der Waals surface area contributed by atoms with Crippen molar-refractivity contribution in [3.8, 4) is 0 Å². The molecule has 0 heterocycles. The van der Waals surface area contributed by atoms with Crippen LogP contribution in [0.2, 0.25) is 0 Å². The maximum absolute atomic E-state index is 13.2. The number of ether oxygens (including phenoxy) is 1. The predicted octanol–water partition coefficient (Wildman–Crippen LogP) is 16.5. The summed E-state index contributed by atoms with van der Waals surface area (Å²) in [4.78, 5) is 26.2. The van der Waals surface area contributed by atoms with Gasteiger partial charge >= 0.3 is 5.97 Å². The van der Waals surface area contributed by atoms with Crippen molar-refractivity contribution in [3.05, 3.63) is 12.2 Å². The van der Waals surface area contributed by atoms with Crippen molar-refractivity contribution >= 4 is 11.9 Å². The number of carbonyl (C=O) groups excluding carboxylic acids is 2. The Morgan fingerprint density at radius 1 is 0.459 bits per heavy atom. The minimum absolute atomic E-state index is 0.0818. The van der Waals surface area contributed by atoms with Gasteiger partial charge in [0.15, 0.2) is 0 Å². The van der Waals surface area contributed by atoms with Crippen molar-refractivity contribution in [2.75, 3.05) is 6.61 Å². The van der Waals surface area contributed by atoms with Gasteiger partial charge in [-0.2, -0.15) is 0 Å². The van der Waals surface area contributed by atoms with E-state index < -0.39 is 18.2 Å². The highest BCUT2D eigenvalue weighted by molar-refractivity contribution is 5.77. The summed E-state index contributed by atoms with van der Waals surface area (Å²) in [6, 6.07) is -0.696. The third kappa shape index (κ3) is 45.0. The molecule has 0 radical (unpaired) electrons. The lowest BCUT2D eigenvalue weighted by molar-refractivity contribution is -0.151. The topological polar surface area (TPSA) is 95.9 Å². The normalized spacial score (nSPS) is 13.2. The van der Waals surface area contributed by atoms with Crippen LogP contribution in [0.25, 0.3) is 0 Å². The first-order valence-electron chi connectivity index (χ1n) is 27.4. The fourth-order valence-corrected chi connectivity index (χ4v) is 8.66. The van der Waals surface area contributed by atoms with Crippen molar-refractivity contribution in [2.24, 2.45) is 0 Å². The lowest BCUT2D eigenvalue weighted by Gasteiger charge is -2.24. The van der Waals surface area contributed by atoms with Gasteiger partial charge in [-0.25, -0.2) is 0 Å². The third-order valence-electron chi connectivity index (χ3n) is 12.8. The van der Waals surface area contributed by atoms with Gasteiger partial charge in [0.1, 0.15) is 6.10 Å². The highest BCUT2D eigenvalue weighted by Crippen LogP contribution is 2.19. The van der Waals surface area contributed by atoms with E-state index in [9.17, 15) is 19.8 Å². The summed E-state index contributed by atoms with van der Waals surface area (Å²) in [5, 5.41) is 23.8. The molecule has 0 aromatic heterocycles. The second kappa shape index (κ2) is 49.6. The van der Waals surface area contributed by atoms with Crippen LogP contribution in [0, 0.1) is 0 Å². The van der Waals surface area contributed by atoms with Gasteiger partial charge in [-0.15, -0.1) is 0 Å². The molecule has 0 aliphatic heterocycles. The SMILES string of the molecule is CCCCCCCCC/C=C/CCCCCCCC(=O)OC(CCCCCCCCCCCCCCCCCC)CC(=O)NC(CO)C(O)CCCCCCCCCCCC. The number of unbranched alkanes of at least 4 members (excludes halogenated alkanes) is 36. The van der Waals surface area contributed by atoms with Crippen LogP contribution in [0.1, 0.15) is 303 Å². The maximum Gasteiger partial charge on any atom is 0.306 e. The predicted molar refractivity (Wildman–Crippen MR) is 264 cm³/mol. The molecule has 0 fully saturated rings. The van der Waals surface area contributed by atoms with E-state index in [0.717, 1.165) is 51.4 Å². The monoisotopic (exact) mass is 862 g/mol. The molecule has 0 rings (SSSR count). The molecule has 6 nitrogen and oxygen atoms in total. The first kappa shape index (κ1) is 59.6. The smallest absolute Gasteiger partial charge is 0.306 e. The molecular weight excluding hydrogens is 755 g/mol. The van der Waals surface area contributed by atoms with Gasteiger partial charge in [-0.1, -0.05) is 251 Å². The lowest BCUT2D eigenvalue weighted by atomic mass is 10.0. The van der Waals surface area contributed by atoms with Gasteiger partial charge in [-0.05, 0) is 51.4 Å². The zero-order valence-electron chi connectivity index (χ0n) is 41.3. The fraction of sp³-hybridized carbons (Fsp3) is 0.927. The van der Waals surface area contributed by atoms with E-state index in [2.05, 4.69) is 38.2 Å². The van der Waals surface area contributed by atoms with Gasteiger partial charge in [0.2, 0.25) is 5.91 Å². The molecule has 0 aliphatic rings. The molecule has 3 atom stereocenters. The number of aliphatic hydroxyl groups is 2. The molecule has 0 aromatic carbocycles. The molecule has 0 aromatic rings. The largest absolute Gasteiger partial charge is 0.462 e. The second-order valence-electron chi connectivity index (χ2n) is 19.0. The summed E-state index contributed by atoms with van der Waals surface area (Å²) < 4.78 is 5.95. The summed E-state index contributed by atoms with van der Waals surface area (Å²) in [7, 11) is 0. The Labute approximate surface area is 380 Å². The number of carbonyl (C=O) groups is 2. The van der Waals surface area contributed by atoms with E-state index in [1.54, 1.807) is 0 Å². The Balaban J connectivity index is 4.53. The number of allylic oxidation sites excluding steroid dienone is 2. The number of hydrogen-bond acceptors (Lipinski definition) is 5. The highest BCUT2D eigenvalue weighted by atomic mass is 16.5. The Morgan fingerprint density at radius 3 is 1.16 bits per heavy atom. The van der Waals surface area contributed by atoms with Crippen LogP contribution < -0.4 is 5.32 Å². The van der Waals surface area contributed by atoms with E-state index in [-0.39, 0.29) is 24.9 Å². The standard InChI is InChI=1S/C55H107NO5/c1-4-7-10-13-16-19-22-24-26-28-30-32-34-37-40-43-46-51(49-54(59)56-52(50-57)53(58)47-44-41-38-35-21-18-15-12-9-6-3)61-55(60)48-45-42-39-36-33-31-29-27-25-23-20-17-14-11-8-5-2/h27,29,51-53,57-58H,4-26,28,30-50H2,1-3H3,(H,56,59)/b29-27+. The average Bonchev–Trinajstić information content (AvgIpc) is 3.25. The van der Waals surface area contributed by atoms with Crippen LogP contribution in [-0.4, -0.2) is 46.9 Å². The van der Waals surface area contributed by atoms with Crippen molar-refractivity contribution in [2.45, 2.75) is 322 Å². The minimum atomic E-state index is -0.782. The summed E-state index contributed by atoms with van der Waals surface area (Å²) in [6.07, 6.45) is 55.6. The maximum atomic E-state index is 13.2. The molecule has 0 saturated heterocycles. The van der Waals surface area contributed by atoms with Crippen molar-refractivity contribution in [3.63, 3.8) is 0 Å². The summed E-state index contributed by atoms with van der Waals surface area (Å²) in [6.45, 7) is 6.50. The van der Waals surface area contributed by atoms with E-state index in [1.165, 1.54) is 205 Å². The molecule has 0 spiro atoms. The minimum Gasteiger partial charge on any atom is -0.462 e. The molecule has 362 valence electrons. The summed E-state index contributed by atoms with van der Waals surface area (Å²) in [5.74, 6) is -0.464. The van der Waals surface area contributed by atoms with Crippen LogP contribution in [0.3, 0.4) is 0 Å². The Morgan fingerprint density at radius 2 is 0.787 bits per heavy atom. The summed E-state index contributed by atoms with van der Waals surface area (Å²) >= 11 is 0. The number of hydrogen-bond donors (Lipinski definition) is 3. The van der Waals surface area contributed by atoms with Crippen molar-refractivity contribution < 1.29 is 24.5 Å². The zero-order valence-corrected chi connectivity index (χ0v) is 41.3. The molecule has 61 heavy (non-hydrogen) atoms. The number of rotatable bonds is 50. The first-order chi connectivity index (χ1) is 30.0. The third-order valence-corrected chi connectivity index (χ3v) is 12.8. The number of amides is 1. The molecular formula is C55H107NO5. The quantitative estimate of drug-likeness (QED) is 0.0322. The Bertz CT molecular complexity index is 924. The fourth-order valence-electron chi connectivity index (χ4n) is 8.66. The first-order valence-corrected chi connectivity index (χ1v) is 27.4. The molecule has 0 bridgehead atoms. The van der Waals surface area contributed by atoms with E-state index >= 15 is 0 Å². The second-order valence-corrected chi connectivity index (χ2v) is 19.0. The Kier molecular flexibility index (Phi) is 48.5. The summed E-state index contributed by atoms with van der Waals surface area (Å²) in [5.41, 5.74) is 0. The molecule has 6 heteroatoms. The van der Waals surface area contributed by atoms with Gasteiger partial charge in [0, 0.05) is 6.42 Å². The van der Waals surface area contributed by atoms with Crippen molar-refractivity contribution in [1.29, 1.82) is 0 Å². The van der Waals surface area contributed by atoms with Crippen LogP contribution in [0.15, 0.2) is 12.2 Å². The molecule has 0 aliphatic carbocycles. The van der Waals surface area contributed by atoms with Gasteiger partial charge in [0.05, 0.1) is 25.2 Å². The zero-order chi connectivity index (χ0) is 44.5. The van der Waals surface area contributed by atoms with Gasteiger partial charge in [0.25, 0.3) is 0 Å². The average molecular weight is 862 g/mol.